The van der Waals surface area contributed by atoms with Crippen molar-refractivity contribution in [1.82, 2.24) is 0 Å². The lowest BCUT2D eigenvalue weighted by atomic mass is 10.1. The molecule has 2 N–H and O–H groups in total. The molecule has 1 aliphatic heterocycles. The second-order valence-electron chi connectivity index (χ2n) is 7.64. The number of hydrogen-bond donors (Lipinski definition) is 2. The zero-order valence-electron chi connectivity index (χ0n) is 15.7. The van der Waals surface area contributed by atoms with Crippen LogP contribution in [-0.2, 0) is 12.8 Å². The van der Waals surface area contributed by atoms with Gasteiger partial charge < -0.3 is 19.6 Å². The van der Waals surface area contributed by atoms with E-state index in [9.17, 15) is 9.50 Å². The Morgan fingerprint density at radius 1 is 1.07 bits per heavy atom. The van der Waals surface area contributed by atoms with Gasteiger partial charge in [0.25, 0.3) is 0 Å². The Bertz CT molecular complexity index is 775. The third kappa shape index (κ3) is 4.42. The van der Waals surface area contributed by atoms with Crippen molar-refractivity contribution in [2.75, 3.05) is 44.2 Å². The van der Waals surface area contributed by atoms with Gasteiger partial charge in [0.15, 0.2) is 0 Å². The lowest BCUT2D eigenvalue weighted by Crippen LogP contribution is -3.16. The molecule has 4 nitrogen and oxygen atoms in total. The number of nitrogens with one attached hydrogen (secondary N) is 1. The van der Waals surface area contributed by atoms with E-state index >= 15 is 0 Å². The van der Waals surface area contributed by atoms with Crippen molar-refractivity contribution in [3.8, 4) is 5.75 Å². The van der Waals surface area contributed by atoms with Gasteiger partial charge in [0, 0.05) is 0 Å². The minimum atomic E-state index is -0.492. The van der Waals surface area contributed by atoms with Gasteiger partial charge in [-0.05, 0) is 54.7 Å². The van der Waals surface area contributed by atoms with Gasteiger partial charge in [-0.25, -0.2) is 4.39 Å². The normalized spacial score (nSPS) is 18.4. The standard InChI is InChI=1S/C22H27FN2O2/c23-21-6-1-2-7-22(21)25-12-10-24(11-13-25)15-19(26)16-27-20-9-8-17-4-3-5-18(17)14-20/h1-2,6-9,14,19,26H,3-5,10-13,15-16H2/p+1/t19-/m1/s1. The second-order valence-corrected chi connectivity index (χ2v) is 7.64. The van der Waals surface area contributed by atoms with E-state index < -0.39 is 6.10 Å². The third-order valence-electron chi connectivity index (χ3n) is 5.70. The number of piperazine rings is 1. The zero-order valence-corrected chi connectivity index (χ0v) is 15.7. The Morgan fingerprint density at radius 2 is 1.85 bits per heavy atom. The molecule has 4 rings (SSSR count). The molecule has 0 saturated carbocycles. The Kier molecular flexibility index (Phi) is 5.60. The summed E-state index contributed by atoms with van der Waals surface area (Å²) in [6.45, 7) is 4.37. The van der Waals surface area contributed by atoms with Crippen LogP contribution >= 0.6 is 0 Å². The number of aliphatic hydroxyl groups is 1. The fraction of sp³-hybridized carbons (Fsp3) is 0.455. The first kappa shape index (κ1) is 18.3. The zero-order chi connectivity index (χ0) is 18.6. The molecule has 0 radical (unpaired) electrons. The average molecular weight is 371 g/mol. The minimum absolute atomic E-state index is 0.163. The molecular weight excluding hydrogens is 343 g/mol. The minimum Gasteiger partial charge on any atom is -0.491 e. The van der Waals surface area contributed by atoms with Crippen molar-refractivity contribution in [1.29, 1.82) is 0 Å². The predicted octanol–water partition coefficient (Wildman–Crippen LogP) is 1.46. The highest BCUT2D eigenvalue weighted by Crippen LogP contribution is 2.26. The SMILES string of the molecule is O[C@@H](COc1ccc2c(c1)CCC2)C[NH+]1CCN(c2ccccc2F)CC1. The lowest BCUT2D eigenvalue weighted by Gasteiger charge is -2.34. The van der Waals surface area contributed by atoms with Crippen LogP contribution in [0.4, 0.5) is 10.1 Å². The Hall–Kier alpha value is -2.11. The van der Waals surface area contributed by atoms with Gasteiger partial charge in [0.2, 0.25) is 0 Å². The van der Waals surface area contributed by atoms with E-state index in [0.717, 1.165) is 38.3 Å². The molecule has 0 unspecified atom stereocenters. The third-order valence-corrected chi connectivity index (χ3v) is 5.70. The van der Waals surface area contributed by atoms with Gasteiger partial charge in [-0.15, -0.1) is 0 Å². The van der Waals surface area contributed by atoms with Crippen LogP contribution in [0.2, 0.25) is 0 Å². The topological polar surface area (TPSA) is 37.1 Å². The lowest BCUT2D eigenvalue weighted by molar-refractivity contribution is -0.903. The molecule has 144 valence electrons. The van der Waals surface area contributed by atoms with Crippen molar-refractivity contribution in [3.05, 3.63) is 59.4 Å². The van der Waals surface area contributed by atoms with Crippen LogP contribution in [0.5, 0.6) is 5.75 Å². The number of nitrogens with zero attached hydrogens (tertiary/aromatic N) is 1. The fourth-order valence-corrected chi connectivity index (χ4v) is 4.20. The van der Waals surface area contributed by atoms with E-state index in [2.05, 4.69) is 17.0 Å². The maximum atomic E-state index is 13.9. The summed E-state index contributed by atoms with van der Waals surface area (Å²) in [6.07, 6.45) is 3.03. The molecular formula is C22H28FN2O2+. The number of quaternary nitrogens is 1. The number of halogens is 1. The molecule has 2 aliphatic rings. The summed E-state index contributed by atoms with van der Waals surface area (Å²) in [5, 5.41) is 10.4. The molecule has 5 heteroatoms. The van der Waals surface area contributed by atoms with E-state index in [4.69, 9.17) is 4.74 Å². The van der Waals surface area contributed by atoms with E-state index in [1.54, 1.807) is 6.07 Å². The van der Waals surface area contributed by atoms with E-state index in [0.29, 0.717) is 18.8 Å². The smallest absolute Gasteiger partial charge is 0.146 e. The van der Waals surface area contributed by atoms with Crippen molar-refractivity contribution in [2.24, 2.45) is 0 Å². The van der Waals surface area contributed by atoms with Crippen molar-refractivity contribution >= 4 is 5.69 Å². The van der Waals surface area contributed by atoms with Gasteiger partial charge in [-0.1, -0.05) is 18.2 Å². The molecule has 1 heterocycles. The summed E-state index contributed by atoms with van der Waals surface area (Å²) >= 11 is 0. The average Bonchev–Trinajstić information content (AvgIpc) is 3.15. The first-order valence-electron chi connectivity index (χ1n) is 9.95. The van der Waals surface area contributed by atoms with Gasteiger partial charge in [-0.2, -0.15) is 0 Å². The Balaban J connectivity index is 1.22. The number of hydrogen-bond acceptors (Lipinski definition) is 3. The number of fused-ring (bicyclic) bond motifs is 1. The van der Waals surface area contributed by atoms with E-state index in [1.807, 2.05) is 18.2 Å². The van der Waals surface area contributed by atoms with Crippen molar-refractivity contribution in [3.63, 3.8) is 0 Å². The highest BCUT2D eigenvalue weighted by molar-refractivity contribution is 5.47. The molecule has 27 heavy (non-hydrogen) atoms. The van der Waals surface area contributed by atoms with Crippen LogP contribution in [0.25, 0.3) is 0 Å². The van der Waals surface area contributed by atoms with E-state index in [1.165, 1.54) is 34.9 Å². The monoisotopic (exact) mass is 371 g/mol. The molecule has 1 fully saturated rings. The van der Waals surface area contributed by atoms with Gasteiger partial charge in [0.05, 0.1) is 31.9 Å². The summed E-state index contributed by atoms with van der Waals surface area (Å²) in [6, 6.07) is 13.2. The van der Waals surface area contributed by atoms with Gasteiger partial charge >= 0.3 is 0 Å². The molecule has 1 atom stereocenters. The number of para-hydroxylation sites is 1. The first-order valence-corrected chi connectivity index (χ1v) is 9.95. The summed E-state index contributed by atoms with van der Waals surface area (Å²) < 4.78 is 19.7. The van der Waals surface area contributed by atoms with E-state index in [-0.39, 0.29) is 5.82 Å². The number of aryl methyl sites for hydroxylation is 2. The largest absolute Gasteiger partial charge is 0.491 e. The number of anilines is 1. The molecule has 0 bridgehead atoms. The quantitative estimate of drug-likeness (QED) is 0.807. The van der Waals surface area contributed by atoms with Gasteiger partial charge in [0.1, 0.15) is 30.8 Å². The molecule has 2 aromatic rings. The summed E-state index contributed by atoms with van der Waals surface area (Å²) in [5.74, 6) is 0.692. The Labute approximate surface area is 160 Å². The van der Waals surface area contributed by atoms with Crippen LogP contribution in [0.3, 0.4) is 0 Å². The predicted molar refractivity (Wildman–Crippen MR) is 104 cm³/mol. The number of ether oxygens (including phenoxy) is 1. The number of aliphatic hydroxyl groups excluding tert-OH is 1. The fourth-order valence-electron chi connectivity index (χ4n) is 4.20. The number of benzene rings is 2. The van der Waals surface area contributed by atoms with Gasteiger partial charge in [-0.3, -0.25) is 0 Å². The van der Waals surface area contributed by atoms with Crippen LogP contribution in [0.15, 0.2) is 42.5 Å². The molecule has 2 aromatic carbocycles. The molecule has 0 spiro atoms. The highest BCUT2D eigenvalue weighted by atomic mass is 19.1. The maximum absolute atomic E-state index is 13.9. The molecule has 0 amide bonds. The summed E-state index contributed by atoms with van der Waals surface area (Å²) in [5.41, 5.74) is 3.49. The summed E-state index contributed by atoms with van der Waals surface area (Å²) in [4.78, 5) is 3.43. The van der Waals surface area contributed by atoms with Crippen LogP contribution < -0.4 is 14.5 Å². The number of rotatable bonds is 6. The van der Waals surface area contributed by atoms with Crippen LogP contribution in [-0.4, -0.2) is 50.5 Å². The Morgan fingerprint density at radius 3 is 2.67 bits per heavy atom. The first-order chi connectivity index (χ1) is 13.2. The van der Waals surface area contributed by atoms with Crippen LogP contribution in [0.1, 0.15) is 17.5 Å². The highest BCUT2D eigenvalue weighted by Gasteiger charge is 2.24. The summed E-state index contributed by atoms with van der Waals surface area (Å²) in [7, 11) is 0. The van der Waals surface area contributed by atoms with Crippen LogP contribution in [0, 0.1) is 5.82 Å². The molecule has 0 aromatic heterocycles. The van der Waals surface area contributed by atoms with Crippen molar-refractivity contribution < 1.29 is 19.1 Å². The molecule has 1 saturated heterocycles. The molecule has 1 aliphatic carbocycles. The second kappa shape index (κ2) is 8.28. The maximum Gasteiger partial charge on any atom is 0.146 e. The van der Waals surface area contributed by atoms with Crippen molar-refractivity contribution in [2.45, 2.75) is 25.4 Å².